The summed E-state index contributed by atoms with van der Waals surface area (Å²) in [6.45, 7) is 7.97. The largest absolute Gasteiger partial charge is 0.394 e. The first-order chi connectivity index (χ1) is 32.1. The number of nitrogens with zero attached hydrogens (tertiary/aromatic N) is 4. The average Bonchev–Trinajstić information content (AvgIpc) is 3.73. The lowest BCUT2D eigenvalue weighted by atomic mass is 9.94. The molecule has 0 aliphatic carbocycles. The number of amides is 1. The zero-order valence-corrected chi connectivity index (χ0v) is 39.8. The number of hydrogen-bond acceptors (Lipinski definition) is 11. The van der Waals surface area contributed by atoms with Crippen LogP contribution in [0.1, 0.15) is 46.9 Å². The number of aryl methyl sites for hydroxylation is 1. The number of nitro groups is 1. The minimum atomic E-state index is -0.928. The maximum absolute atomic E-state index is 14.3. The molecule has 1 aliphatic rings. The summed E-state index contributed by atoms with van der Waals surface area (Å²) in [5.41, 5.74) is 6.60. The highest BCUT2D eigenvalue weighted by atomic mass is 35.5. The molecule has 0 saturated carbocycles. The number of anilines is 2. The van der Waals surface area contributed by atoms with Crippen LogP contribution >= 0.6 is 35.3 Å². The fourth-order valence-electron chi connectivity index (χ4n) is 7.42. The van der Waals surface area contributed by atoms with Gasteiger partial charge in [0, 0.05) is 107 Å². The van der Waals surface area contributed by atoms with Gasteiger partial charge in [0.25, 0.3) is 11.6 Å². The molecule has 1 aliphatic heterocycles. The molecule has 1 unspecified atom stereocenters. The van der Waals surface area contributed by atoms with Crippen LogP contribution in [0.2, 0.25) is 0 Å². The summed E-state index contributed by atoms with van der Waals surface area (Å²) in [5.74, 6) is 7.45. The van der Waals surface area contributed by atoms with E-state index >= 15 is 0 Å². The van der Waals surface area contributed by atoms with E-state index in [1.165, 1.54) is 11.9 Å². The standard InChI is InChI=1S/C51H58ClN7O5S2/c1-3-40(12-8-24-52)46-36-58(28-23-43(61)37-60)50(51(62)54-25-9-27-57-31-29-56(2)30-32-57)49(46)41-11-7-10-39(34-41)16-15-38-17-19-42(20-18-38)55-66-45-21-22-47(48(35-45)59(63)64)53-26-33-65-44-13-5-4-6-14-44/h3-8,10-14,17-22,34-36,43,53,55,60-61H,9,23-33,37H2,1-2H3,(H,54,62)/b12-8-,40-3+. The summed E-state index contributed by atoms with van der Waals surface area (Å²) >= 11 is 9.07. The maximum atomic E-state index is 14.3. The monoisotopic (exact) mass is 947 g/mol. The van der Waals surface area contributed by atoms with Crippen molar-refractivity contribution in [1.82, 2.24) is 19.7 Å². The van der Waals surface area contributed by atoms with E-state index < -0.39 is 6.10 Å². The van der Waals surface area contributed by atoms with Crippen LogP contribution in [-0.2, 0) is 6.54 Å². The molecule has 2 heterocycles. The van der Waals surface area contributed by atoms with Crippen molar-refractivity contribution in [1.29, 1.82) is 0 Å². The highest BCUT2D eigenvalue weighted by molar-refractivity contribution is 8.00. The Morgan fingerprint density at radius 3 is 2.44 bits per heavy atom. The molecule has 0 spiro atoms. The van der Waals surface area contributed by atoms with Gasteiger partial charge in [-0.3, -0.25) is 14.9 Å². The van der Waals surface area contributed by atoms with Crippen molar-refractivity contribution in [2.24, 2.45) is 0 Å². The second-order valence-corrected chi connectivity index (χ2v) is 18.1. The van der Waals surface area contributed by atoms with Crippen LogP contribution < -0.4 is 15.4 Å². The normalized spacial score (nSPS) is 13.9. The molecule has 1 aromatic heterocycles. The molecule has 5 N–H and O–H groups in total. The number of likely N-dealkylation sites (N-methyl/N-ethyl adjacent to an activating group) is 1. The molecule has 1 fully saturated rings. The van der Waals surface area contributed by atoms with E-state index in [0.29, 0.717) is 41.8 Å². The van der Waals surface area contributed by atoms with Crippen LogP contribution in [0, 0.1) is 22.0 Å². The van der Waals surface area contributed by atoms with Gasteiger partial charge in [-0.25, -0.2) is 0 Å². The van der Waals surface area contributed by atoms with Crippen LogP contribution in [-0.4, -0.2) is 113 Å². The van der Waals surface area contributed by atoms with Crippen LogP contribution in [0.3, 0.4) is 0 Å². The highest BCUT2D eigenvalue weighted by Gasteiger charge is 2.25. The molecule has 4 aromatic carbocycles. The lowest BCUT2D eigenvalue weighted by Crippen LogP contribution is -2.45. The first-order valence-corrected chi connectivity index (χ1v) is 24.4. The van der Waals surface area contributed by atoms with Gasteiger partial charge in [0.1, 0.15) is 11.4 Å². The molecule has 6 rings (SSSR count). The first kappa shape index (κ1) is 49.9. The van der Waals surface area contributed by atoms with Gasteiger partial charge in [-0.1, -0.05) is 60.4 Å². The summed E-state index contributed by atoms with van der Waals surface area (Å²) < 4.78 is 5.16. The van der Waals surface area contributed by atoms with Crippen molar-refractivity contribution in [2.45, 2.75) is 42.2 Å². The quantitative estimate of drug-likeness (QED) is 0.00662. The summed E-state index contributed by atoms with van der Waals surface area (Å²) in [7, 11) is 2.14. The molecule has 0 bridgehead atoms. The lowest BCUT2D eigenvalue weighted by Gasteiger charge is -2.32. The number of nitro benzene ring substituents is 1. The minimum absolute atomic E-state index is 0.0185. The number of carbonyl (C=O) groups excluding carboxylic acids is 1. The number of aliphatic hydroxyl groups is 2. The third kappa shape index (κ3) is 14.8. The zero-order valence-electron chi connectivity index (χ0n) is 37.4. The number of thioether (sulfide) groups is 1. The Morgan fingerprint density at radius 2 is 1.71 bits per heavy atom. The van der Waals surface area contributed by atoms with Gasteiger partial charge in [0.2, 0.25) is 0 Å². The van der Waals surface area contributed by atoms with E-state index in [0.717, 1.165) is 88.9 Å². The van der Waals surface area contributed by atoms with Crippen LogP contribution in [0.25, 0.3) is 16.7 Å². The Labute approximate surface area is 401 Å². The number of aliphatic hydroxyl groups excluding tert-OH is 2. The Kier molecular flexibility index (Phi) is 19.7. The van der Waals surface area contributed by atoms with Crippen molar-refractivity contribution in [2.75, 3.05) is 81.1 Å². The number of alkyl halides is 1. The molecule has 346 valence electrons. The number of carbonyl (C=O) groups is 1. The van der Waals surface area contributed by atoms with Crippen molar-refractivity contribution < 1.29 is 19.9 Å². The zero-order chi connectivity index (χ0) is 46.7. The molecule has 15 heteroatoms. The molecular weight excluding hydrogens is 890 g/mol. The van der Waals surface area contributed by atoms with Gasteiger partial charge in [-0.05, 0) is 117 Å². The van der Waals surface area contributed by atoms with Crippen molar-refractivity contribution in [3.63, 3.8) is 0 Å². The number of rotatable bonds is 22. The van der Waals surface area contributed by atoms with E-state index in [1.54, 1.807) is 23.9 Å². The van der Waals surface area contributed by atoms with Gasteiger partial charge in [0.15, 0.2) is 0 Å². The molecular formula is C51H58ClN7O5S2. The van der Waals surface area contributed by atoms with Crippen LogP contribution in [0.5, 0.6) is 0 Å². The van der Waals surface area contributed by atoms with E-state index in [-0.39, 0.29) is 29.5 Å². The van der Waals surface area contributed by atoms with Crippen LogP contribution in [0.4, 0.5) is 17.1 Å². The Bertz CT molecular complexity index is 2500. The van der Waals surface area contributed by atoms with Crippen molar-refractivity contribution in [3.8, 4) is 23.0 Å². The third-order valence-electron chi connectivity index (χ3n) is 11.0. The van der Waals surface area contributed by atoms with Gasteiger partial charge in [-0.2, -0.15) is 0 Å². The number of halogens is 1. The SMILES string of the molecule is C/C=C(\C=C/CCl)c1cn(CCC(O)CO)c(C(=O)NCCCN2CCN(C)CC2)c1-c1cccc(C#Cc2ccc(NSc3ccc(NCCSc4ccccc4)c([N+](=O)[O-])c3)cc2)c1. The lowest BCUT2D eigenvalue weighted by molar-refractivity contribution is -0.384. The van der Waals surface area contributed by atoms with E-state index in [4.69, 9.17) is 11.6 Å². The van der Waals surface area contributed by atoms with Crippen molar-refractivity contribution >= 4 is 63.9 Å². The number of benzene rings is 4. The number of allylic oxidation sites excluding steroid dienone is 4. The molecule has 0 radical (unpaired) electrons. The van der Waals surface area contributed by atoms with E-state index in [1.807, 2.05) is 121 Å². The van der Waals surface area contributed by atoms with Crippen LogP contribution in [0.15, 0.2) is 131 Å². The summed E-state index contributed by atoms with van der Waals surface area (Å²) in [5, 5.41) is 38.3. The fourth-order valence-corrected chi connectivity index (χ4v) is 8.98. The molecule has 1 atom stereocenters. The van der Waals surface area contributed by atoms with E-state index in [2.05, 4.69) is 44.0 Å². The predicted octanol–water partition coefficient (Wildman–Crippen LogP) is 9.10. The average molecular weight is 949 g/mol. The summed E-state index contributed by atoms with van der Waals surface area (Å²) in [4.78, 5) is 32.5. The van der Waals surface area contributed by atoms with Gasteiger partial charge >= 0.3 is 0 Å². The Hall–Kier alpha value is -5.50. The molecule has 12 nitrogen and oxygen atoms in total. The molecule has 1 amide bonds. The summed E-state index contributed by atoms with van der Waals surface area (Å²) in [6.07, 6.45) is 7.89. The second-order valence-electron chi connectivity index (χ2n) is 15.8. The maximum Gasteiger partial charge on any atom is 0.293 e. The number of piperazine rings is 1. The van der Waals surface area contributed by atoms with Gasteiger partial charge in [0.05, 0.1) is 17.6 Å². The smallest absolute Gasteiger partial charge is 0.293 e. The first-order valence-electron chi connectivity index (χ1n) is 22.1. The number of nitrogens with one attached hydrogen (secondary N) is 3. The molecule has 66 heavy (non-hydrogen) atoms. The predicted molar refractivity (Wildman–Crippen MR) is 273 cm³/mol. The minimum Gasteiger partial charge on any atom is -0.394 e. The van der Waals surface area contributed by atoms with Crippen molar-refractivity contribution in [3.05, 3.63) is 154 Å². The topological polar surface area (TPSA) is 148 Å². The second kappa shape index (κ2) is 26.0. The third-order valence-corrected chi connectivity index (χ3v) is 13.0. The summed E-state index contributed by atoms with van der Waals surface area (Å²) in [6, 6.07) is 30.7. The number of aromatic nitrogens is 1. The number of hydrogen-bond donors (Lipinski definition) is 5. The molecule has 5 aromatic rings. The fraction of sp³-hybridized carbons (Fsp3) is 0.314. The highest BCUT2D eigenvalue weighted by Crippen LogP contribution is 2.36. The van der Waals surface area contributed by atoms with Gasteiger partial charge in [-0.15, -0.1) is 23.4 Å². The van der Waals surface area contributed by atoms with E-state index in [9.17, 15) is 25.1 Å². The Balaban J connectivity index is 1.17. The molecule has 1 saturated heterocycles. The van der Waals surface area contributed by atoms with Gasteiger partial charge < -0.3 is 39.9 Å². The Morgan fingerprint density at radius 1 is 0.939 bits per heavy atom.